The van der Waals surface area contributed by atoms with Crippen LogP contribution >= 0.6 is 0 Å². The van der Waals surface area contributed by atoms with E-state index in [1.54, 1.807) is 36.0 Å². The van der Waals surface area contributed by atoms with Crippen LogP contribution in [0.1, 0.15) is 18.9 Å². The van der Waals surface area contributed by atoms with Crippen LogP contribution in [0, 0.1) is 0 Å². The van der Waals surface area contributed by atoms with Gasteiger partial charge in [-0.3, -0.25) is 14.4 Å². The van der Waals surface area contributed by atoms with Crippen molar-refractivity contribution in [2.24, 2.45) is 0 Å². The lowest BCUT2D eigenvalue weighted by Gasteiger charge is -2.41. The van der Waals surface area contributed by atoms with Gasteiger partial charge in [-0.2, -0.15) is 0 Å². The normalized spacial score (nSPS) is 17.2. The van der Waals surface area contributed by atoms with Gasteiger partial charge in [0.15, 0.2) is 0 Å². The van der Waals surface area contributed by atoms with Gasteiger partial charge in [0.05, 0.1) is 11.4 Å². The van der Waals surface area contributed by atoms with Gasteiger partial charge >= 0.3 is 0 Å². The average molecular weight is 439 g/mol. The van der Waals surface area contributed by atoms with Crippen molar-refractivity contribution < 1.29 is 22.8 Å². The number of sulfonamides is 1. The molecule has 1 atom stereocenters. The first-order chi connectivity index (χ1) is 13.9. The molecule has 1 aromatic rings. The maximum Gasteiger partial charge on any atom is 0.246 e. The first-order valence-corrected chi connectivity index (χ1v) is 11.2. The van der Waals surface area contributed by atoms with Crippen molar-refractivity contribution in [1.29, 1.82) is 0 Å². The third kappa shape index (κ3) is 5.37. The lowest BCUT2D eigenvalue weighted by Crippen LogP contribution is -2.61. The summed E-state index contributed by atoms with van der Waals surface area (Å²) in [6.45, 7) is 2.35. The van der Waals surface area contributed by atoms with Crippen LogP contribution < -0.4 is 0 Å². The molecular formula is C20H30N4O5S. The van der Waals surface area contributed by atoms with Crippen LogP contribution in [0.15, 0.2) is 29.2 Å². The number of hydrogen-bond acceptors (Lipinski definition) is 5. The molecule has 10 heteroatoms. The summed E-state index contributed by atoms with van der Waals surface area (Å²) in [7, 11) is 2.70. The summed E-state index contributed by atoms with van der Waals surface area (Å²) in [5.41, 5.74) is 0.832. The van der Waals surface area contributed by atoms with E-state index in [0.717, 1.165) is 9.87 Å². The number of aryl methyl sites for hydroxylation is 1. The summed E-state index contributed by atoms with van der Waals surface area (Å²) in [5.74, 6) is -0.498. The Bertz CT molecular complexity index is 896. The summed E-state index contributed by atoms with van der Waals surface area (Å²) in [6, 6.07) is 5.75. The highest BCUT2D eigenvalue weighted by atomic mass is 32.2. The van der Waals surface area contributed by atoms with Crippen molar-refractivity contribution in [3.05, 3.63) is 29.8 Å². The highest BCUT2D eigenvalue weighted by Crippen LogP contribution is 2.17. The van der Waals surface area contributed by atoms with Crippen molar-refractivity contribution in [3.63, 3.8) is 0 Å². The second-order valence-electron chi connectivity index (χ2n) is 7.73. The summed E-state index contributed by atoms with van der Waals surface area (Å²) in [4.78, 5) is 41.9. The molecule has 1 aliphatic rings. The minimum atomic E-state index is -3.50. The monoisotopic (exact) mass is 438 g/mol. The van der Waals surface area contributed by atoms with Gasteiger partial charge < -0.3 is 14.7 Å². The molecule has 0 aromatic heterocycles. The third-order valence-corrected chi connectivity index (χ3v) is 7.03. The Morgan fingerprint density at radius 1 is 1.03 bits per heavy atom. The van der Waals surface area contributed by atoms with Crippen molar-refractivity contribution in [2.75, 3.05) is 47.8 Å². The van der Waals surface area contributed by atoms with Crippen molar-refractivity contribution in [1.82, 2.24) is 19.0 Å². The SMILES string of the molecule is CC(=O)N1CCN(C(=O)CCc2ccc(S(=O)(=O)N(C)C)cc2)[C@H](C(=O)N(C)C)C1. The summed E-state index contributed by atoms with van der Waals surface area (Å²) < 4.78 is 25.4. The minimum absolute atomic E-state index is 0.119. The highest BCUT2D eigenvalue weighted by Gasteiger charge is 2.36. The summed E-state index contributed by atoms with van der Waals surface area (Å²) in [5, 5.41) is 0. The lowest BCUT2D eigenvalue weighted by atomic mass is 10.1. The van der Waals surface area contributed by atoms with Gasteiger partial charge in [0.2, 0.25) is 27.7 Å². The molecule has 0 bridgehead atoms. The molecule has 1 aliphatic heterocycles. The molecule has 0 N–H and O–H groups in total. The van der Waals surface area contributed by atoms with Crippen molar-refractivity contribution in [3.8, 4) is 0 Å². The van der Waals surface area contributed by atoms with Crippen molar-refractivity contribution >= 4 is 27.7 Å². The topological polar surface area (TPSA) is 98.3 Å². The molecule has 1 fully saturated rings. The quantitative estimate of drug-likeness (QED) is 0.624. The fraction of sp³-hybridized carbons (Fsp3) is 0.550. The Kier molecular flexibility index (Phi) is 7.59. The number of carbonyl (C=O) groups excluding carboxylic acids is 3. The van der Waals surface area contributed by atoms with Crippen LogP contribution in [-0.2, 0) is 30.8 Å². The minimum Gasteiger partial charge on any atom is -0.347 e. The number of carbonyl (C=O) groups is 3. The Balaban J connectivity index is 2.07. The molecule has 9 nitrogen and oxygen atoms in total. The molecule has 166 valence electrons. The van der Waals surface area contributed by atoms with Gasteiger partial charge in [-0.25, -0.2) is 12.7 Å². The van der Waals surface area contributed by atoms with Crippen LogP contribution in [0.5, 0.6) is 0 Å². The van der Waals surface area contributed by atoms with Gasteiger partial charge in [-0.05, 0) is 24.1 Å². The van der Waals surface area contributed by atoms with Gasteiger partial charge in [0.1, 0.15) is 6.04 Å². The summed E-state index contributed by atoms with van der Waals surface area (Å²) >= 11 is 0. The highest BCUT2D eigenvalue weighted by molar-refractivity contribution is 7.89. The second-order valence-corrected chi connectivity index (χ2v) is 9.88. The van der Waals surface area contributed by atoms with E-state index >= 15 is 0 Å². The lowest BCUT2D eigenvalue weighted by molar-refractivity contribution is -0.151. The molecule has 1 aromatic carbocycles. The number of nitrogens with zero attached hydrogens (tertiary/aromatic N) is 4. The third-order valence-electron chi connectivity index (χ3n) is 5.20. The maximum atomic E-state index is 12.9. The smallest absolute Gasteiger partial charge is 0.246 e. The molecule has 0 radical (unpaired) electrons. The Morgan fingerprint density at radius 3 is 2.13 bits per heavy atom. The van der Waals surface area contributed by atoms with Gasteiger partial charge in [0, 0.05) is 54.6 Å². The van der Waals surface area contributed by atoms with Crippen LogP contribution in [-0.4, -0.2) is 99.0 Å². The van der Waals surface area contributed by atoms with E-state index in [9.17, 15) is 22.8 Å². The number of piperazine rings is 1. The van der Waals surface area contributed by atoms with E-state index in [0.29, 0.717) is 19.5 Å². The molecule has 0 unspecified atom stereocenters. The molecule has 1 saturated heterocycles. The zero-order chi connectivity index (χ0) is 22.6. The van der Waals surface area contributed by atoms with E-state index in [2.05, 4.69) is 0 Å². The van der Waals surface area contributed by atoms with E-state index in [4.69, 9.17) is 0 Å². The molecule has 0 aliphatic carbocycles. The van der Waals surface area contributed by atoms with Crippen molar-refractivity contribution in [2.45, 2.75) is 30.7 Å². The second kappa shape index (κ2) is 9.57. The van der Waals surface area contributed by atoms with Crippen LogP contribution in [0.4, 0.5) is 0 Å². The molecule has 3 amide bonds. The molecular weight excluding hydrogens is 408 g/mol. The standard InChI is InChI=1S/C20H30N4O5S/c1-15(25)23-12-13-24(18(14-23)20(27)21(2)3)19(26)11-8-16-6-9-17(10-7-16)30(28,29)22(4)5/h6-7,9-10,18H,8,11-14H2,1-5H3/t18-/m0/s1. The maximum absolute atomic E-state index is 12.9. The Hall–Kier alpha value is -2.46. The molecule has 1 heterocycles. The molecule has 2 rings (SSSR count). The van der Waals surface area contributed by atoms with E-state index in [1.165, 1.54) is 38.1 Å². The fourth-order valence-corrected chi connectivity index (χ4v) is 4.21. The van der Waals surface area contributed by atoms with E-state index in [-0.39, 0.29) is 35.6 Å². The number of hydrogen-bond donors (Lipinski definition) is 0. The van der Waals surface area contributed by atoms with Gasteiger partial charge in [-0.15, -0.1) is 0 Å². The Labute approximate surface area is 178 Å². The molecule has 0 saturated carbocycles. The average Bonchev–Trinajstić information content (AvgIpc) is 2.70. The number of likely N-dealkylation sites (N-methyl/N-ethyl adjacent to an activating group) is 1. The number of amides is 3. The fourth-order valence-electron chi connectivity index (χ4n) is 3.31. The van der Waals surface area contributed by atoms with Crippen LogP contribution in [0.3, 0.4) is 0 Å². The zero-order valence-electron chi connectivity index (χ0n) is 18.2. The molecule has 30 heavy (non-hydrogen) atoms. The summed E-state index contributed by atoms with van der Waals surface area (Å²) in [6.07, 6.45) is 0.619. The first kappa shape index (κ1) is 23.8. The predicted molar refractivity (Wildman–Crippen MR) is 112 cm³/mol. The number of benzene rings is 1. The van der Waals surface area contributed by atoms with E-state index in [1.807, 2.05) is 0 Å². The van der Waals surface area contributed by atoms with E-state index < -0.39 is 16.1 Å². The molecule has 0 spiro atoms. The van der Waals surface area contributed by atoms with Gasteiger partial charge in [0.25, 0.3) is 0 Å². The first-order valence-electron chi connectivity index (χ1n) is 9.72. The number of rotatable bonds is 6. The van der Waals surface area contributed by atoms with Crippen LogP contribution in [0.25, 0.3) is 0 Å². The largest absolute Gasteiger partial charge is 0.347 e. The predicted octanol–water partition coefficient (Wildman–Crippen LogP) is 0.0170. The van der Waals surface area contributed by atoms with Gasteiger partial charge in [-0.1, -0.05) is 12.1 Å². The zero-order valence-corrected chi connectivity index (χ0v) is 19.0. The Morgan fingerprint density at radius 2 is 1.63 bits per heavy atom. The van der Waals surface area contributed by atoms with Crippen LogP contribution in [0.2, 0.25) is 0 Å².